The first-order valence-corrected chi connectivity index (χ1v) is 4.35. The molecule has 1 rings (SSSR count). The van der Waals surface area contributed by atoms with E-state index in [9.17, 15) is 9.90 Å². The normalized spacial score (nSPS) is 11.4. The monoisotopic (exact) mass is 194 g/mol. The van der Waals surface area contributed by atoms with E-state index in [0.717, 1.165) is 0 Å². The summed E-state index contributed by atoms with van der Waals surface area (Å²) in [6.45, 7) is 2.92. The van der Waals surface area contributed by atoms with Gasteiger partial charge in [0, 0.05) is 30.1 Å². The number of aliphatic hydroxyl groups is 1. The molecule has 0 aliphatic heterocycles. The van der Waals surface area contributed by atoms with Gasteiger partial charge in [0.15, 0.2) is 5.78 Å². The molecule has 3 N–H and O–H groups in total. The summed E-state index contributed by atoms with van der Waals surface area (Å²) in [4.78, 5) is 15.3. The topological polar surface area (TPSA) is 76.2 Å². The predicted octanol–water partition coefficient (Wildman–Crippen LogP) is 0.546. The highest BCUT2D eigenvalue weighted by Crippen LogP contribution is 2.13. The Morgan fingerprint density at radius 1 is 1.64 bits per heavy atom. The van der Waals surface area contributed by atoms with Crippen LogP contribution in [0, 0.1) is 0 Å². The van der Waals surface area contributed by atoms with Crippen LogP contribution in [0.4, 0.5) is 5.69 Å². The average Bonchev–Trinajstić information content (AvgIpc) is 2.07. The molecule has 0 radical (unpaired) electrons. The number of hydrogen-bond donors (Lipinski definition) is 2. The molecule has 4 heteroatoms. The van der Waals surface area contributed by atoms with Crippen LogP contribution in [0.3, 0.4) is 0 Å². The number of nitrogens with zero attached hydrogens (tertiary/aromatic N) is 1. The summed E-state index contributed by atoms with van der Waals surface area (Å²) in [7, 11) is 0. The first-order chi connectivity index (χ1) is 6.41. The van der Waals surface area contributed by atoms with Crippen molar-refractivity contribution in [2.45, 2.75) is 25.9 Å². The molecule has 0 atom stereocenters. The number of carbonyl (C=O) groups is 1. The van der Waals surface area contributed by atoms with Crippen molar-refractivity contribution < 1.29 is 9.90 Å². The van der Waals surface area contributed by atoms with Gasteiger partial charge in [-0.25, -0.2) is 0 Å². The summed E-state index contributed by atoms with van der Waals surface area (Å²) in [5, 5.41) is 9.43. The zero-order valence-corrected chi connectivity index (χ0v) is 8.32. The summed E-state index contributed by atoms with van der Waals surface area (Å²) in [5.74, 6) is -0.266. The van der Waals surface area contributed by atoms with E-state index in [1.165, 1.54) is 13.8 Å². The van der Waals surface area contributed by atoms with Gasteiger partial charge in [0.2, 0.25) is 0 Å². The fourth-order valence-corrected chi connectivity index (χ4v) is 0.975. The number of nitrogens with two attached hydrogens (primary N) is 1. The fourth-order valence-electron chi connectivity index (χ4n) is 0.975. The minimum atomic E-state index is -1.32. The first kappa shape index (κ1) is 10.7. The lowest BCUT2D eigenvalue weighted by molar-refractivity contribution is -0.133. The number of rotatable bonds is 3. The Morgan fingerprint density at radius 2 is 2.29 bits per heavy atom. The molecule has 0 aliphatic rings. The van der Waals surface area contributed by atoms with Crippen molar-refractivity contribution in [3.05, 3.63) is 24.0 Å². The second-order valence-electron chi connectivity index (χ2n) is 3.73. The number of ketones is 1. The smallest absolute Gasteiger partial charge is 0.168 e. The highest BCUT2D eigenvalue weighted by atomic mass is 16.3. The number of aromatic nitrogens is 1. The molecule has 0 saturated carbocycles. The van der Waals surface area contributed by atoms with Crippen LogP contribution in [0.5, 0.6) is 0 Å². The highest BCUT2D eigenvalue weighted by molar-refractivity contribution is 5.88. The molecule has 14 heavy (non-hydrogen) atoms. The summed E-state index contributed by atoms with van der Waals surface area (Å²) < 4.78 is 0. The minimum absolute atomic E-state index is 0.114. The second-order valence-corrected chi connectivity index (χ2v) is 3.73. The van der Waals surface area contributed by atoms with Gasteiger partial charge in [0.25, 0.3) is 0 Å². The van der Waals surface area contributed by atoms with Gasteiger partial charge in [0.05, 0.1) is 0 Å². The van der Waals surface area contributed by atoms with Gasteiger partial charge in [-0.3, -0.25) is 9.78 Å². The van der Waals surface area contributed by atoms with Crippen LogP contribution in [0.1, 0.15) is 19.4 Å². The van der Waals surface area contributed by atoms with Crippen LogP contribution in [-0.4, -0.2) is 21.5 Å². The van der Waals surface area contributed by atoms with Gasteiger partial charge in [-0.15, -0.1) is 0 Å². The van der Waals surface area contributed by atoms with Crippen LogP contribution in [-0.2, 0) is 11.2 Å². The van der Waals surface area contributed by atoms with Gasteiger partial charge in [-0.05, 0) is 19.9 Å². The van der Waals surface area contributed by atoms with Crippen LogP contribution in [0.15, 0.2) is 18.5 Å². The van der Waals surface area contributed by atoms with Gasteiger partial charge < -0.3 is 10.8 Å². The number of nitrogen functional groups attached to an aromatic ring is 1. The summed E-state index contributed by atoms with van der Waals surface area (Å²) in [5.41, 5.74) is 5.50. The average molecular weight is 194 g/mol. The second kappa shape index (κ2) is 3.75. The van der Waals surface area contributed by atoms with Crippen molar-refractivity contribution in [2.24, 2.45) is 0 Å². The summed E-state index contributed by atoms with van der Waals surface area (Å²) in [6.07, 6.45) is 3.22. The molecule has 4 nitrogen and oxygen atoms in total. The van der Waals surface area contributed by atoms with Crippen molar-refractivity contribution in [2.75, 3.05) is 5.73 Å². The Bertz CT molecular complexity index is 342. The molecule has 76 valence electrons. The fraction of sp³-hybridized carbons (Fsp3) is 0.400. The molecule has 0 bridgehead atoms. The van der Waals surface area contributed by atoms with Crippen LogP contribution in [0.25, 0.3) is 0 Å². The molecular formula is C10H14N2O2. The molecular weight excluding hydrogens is 180 g/mol. The molecule has 1 aromatic rings. The SMILES string of the molecule is CC(C)(O)C(=O)Cc1cnccc1N. The number of Topliss-reactive ketones (excluding diaryl/α,β-unsaturated/α-hetero) is 1. The Hall–Kier alpha value is -1.42. The van der Waals surface area contributed by atoms with E-state index in [4.69, 9.17) is 5.73 Å². The summed E-state index contributed by atoms with van der Waals surface area (Å²) in [6, 6.07) is 1.63. The Balaban J connectivity index is 2.80. The molecule has 0 aliphatic carbocycles. The molecule has 0 amide bonds. The molecule has 0 fully saturated rings. The first-order valence-electron chi connectivity index (χ1n) is 4.35. The number of hydrogen-bond acceptors (Lipinski definition) is 4. The Kier molecular flexibility index (Phi) is 2.86. The van der Waals surface area contributed by atoms with E-state index >= 15 is 0 Å². The summed E-state index contributed by atoms with van der Waals surface area (Å²) >= 11 is 0. The van der Waals surface area contributed by atoms with Crippen molar-refractivity contribution in [1.82, 2.24) is 4.98 Å². The zero-order chi connectivity index (χ0) is 10.8. The largest absolute Gasteiger partial charge is 0.398 e. The van der Waals surface area contributed by atoms with E-state index in [1.807, 2.05) is 0 Å². The maximum atomic E-state index is 11.5. The molecule has 0 saturated heterocycles. The van der Waals surface area contributed by atoms with E-state index < -0.39 is 5.60 Å². The van der Waals surface area contributed by atoms with Gasteiger partial charge in [-0.1, -0.05) is 0 Å². The minimum Gasteiger partial charge on any atom is -0.398 e. The molecule has 1 aromatic heterocycles. The van der Waals surface area contributed by atoms with Crippen molar-refractivity contribution in [1.29, 1.82) is 0 Å². The molecule has 1 heterocycles. The van der Waals surface area contributed by atoms with E-state index in [0.29, 0.717) is 11.3 Å². The van der Waals surface area contributed by atoms with Gasteiger partial charge in [0.1, 0.15) is 5.60 Å². The van der Waals surface area contributed by atoms with E-state index in [2.05, 4.69) is 4.98 Å². The van der Waals surface area contributed by atoms with E-state index in [-0.39, 0.29) is 12.2 Å². The van der Waals surface area contributed by atoms with Crippen molar-refractivity contribution >= 4 is 11.5 Å². The standard InChI is InChI=1S/C10H14N2O2/c1-10(2,14)9(13)5-7-6-12-4-3-8(7)11/h3-4,6,14H,5H2,1-2H3,(H2,11,12). The Morgan fingerprint density at radius 3 is 2.79 bits per heavy atom. The quantitative estimate of drug-likeness (QED) is 0.736. The Labute approximate surface area is 82.8 Å². The molecule has 0 aromatic carbocycles. The third-order valence-electron chi connectivity index (χ3n) is 1.97. The lowest BCUT2D eigenvalue weighted by Gasteiger charge is -2.15. The van der Waals surface area contributed by atoms with Crippen LogP contribution < -0.4 is 5.73 Å². The number of pyridine rings is 1. The highest BCUT2D eigenvalue weighted by Gasteiger charge is 2.24. The predicted molar refractivity (Wildman–Crippen MR) is 53.7 cm³/mol. The maximum absolute atomic E-state index is 11.5. The lowest BCUT2D eigenvalue weighted by Crippen LogP contribution is -2.32. The maximum Gasteiger partial charge on any atom is 0.168 e. The molecule has 0 unspecified atom stereocenters. The lowest BCUT2D eigenvalue weighted by atomic mass is 9.97. The number of carbonyl (C=O) groups excluding carboxylic acids is 1. The van der Waals surface area contributed by atoms with Gasteiger partial charge in [-0.2, -0.15) is 0 Å². The van der Waals surface area contributed by atoms with Crippen molar-refractivity contribution in [3.63, 3.8) is 0 Å². The van der Waals surface area contributed by atoms with Gasteiger partial charge >= 0.3 is 0 Å². The third kappa shape index (κ3) is 2.53. The molecule has 0 spiro atoms. The number of anilines is 1. The van der Waals surface area contributed by atoms with Crippen molar-refractivity contribution in [3.8, 4) is 0 Å². The third-order valence-corrected chi connectivity index (χ3v) is 1.97. The van der Waals surface area contributed by atoms with Crippen LogP contribution >= 0.6 is 0 Å². The van der Waals surface area contributed by atoms with Crippen LogP contribution in [0.2, 0.25) is 0 Å². The zero-order valence-electron chi connectivity index (χ0n) is 8.32. The van der Waals surface area contributed by atoms with E-state index in [1.54, 1.807) is 18.5 Å².